The molecule has 84 valence electrons. The van der Waals surface area contributed by atoms with E-state index in [9.17, 15) is 0 Å². The lowest BCUT2D eigenvalue weighted by Crippen LogP contribution is -2.56. The van der Waals surface area contributed by atoms with E-state index in [0.29, 0.717) is 0 Å². The fourth-order valence-corrected chi connectivity index (χ4v) is 2.00. The molecule has 0 N–H and O–H groups in total. The minimum atomic E-state index is 0.288. The molecule has 2 heterocycles. The predicted octanol–water partition coefficient (Wildman–Crippen LogP) is 0.935. The molecular formula is C11H20N4. The van der Waals surface area contributed by atoms with Crippen molar-refractivity contribution in [2.75, 3.05) is 31.2 Å². The van der Waals surface area contributed by atoms with Crippen LogP contribution in [0.15, 0.2) is 18.5 Å². The summed E-state index contributed by atoms with van der Waals surface area (Å²) in [6.07, 6.45) is 3.84. The van der Waals surface area contributed by atoms with Crippen molar-refractivity contribution in [2.24, 2.45) is 0 Å². The first-order valence-corrected chi connectivity index (χ1v) is 5.57. The monoisotopic (exact) mass is 208 g/mol. The largest absolute Gasteiger partial charge is 0.295 e. The molecule has 0 aliphatic carbocycles. The van der Waals surface area contributed by atoms with Gasteiger partial charge in [-0.25, -0.2) is 0 Å². The highest BCUT2D eigenvalue weighted by Crippen LogP contribution is 2.14. The maximum Gasteiger partial charge on any atom is 0.0510 e. The predicted molar refractivity (Wildman–Crippen MR) is 61.5 cm³/mol. The molecule has 0 atom stereocenters. The van der Waals surface area contributed by atoms with Crippen LogP contribution in [-0.2, 0) is 0 Å². The molecule has 4 heteroatoms. The van der Waals surface area contributed by atoms with E-state index in [1.807, 2.05) is 23.3 Å². The molecule has 2 rings (SSSR count). The van der Waals surface area contributed by atoms with Crippen LogP contribution in [0, 0.1) is 0 Å². The van der Waals surface area contributed by atoms with Gasteiger partial charge in [0.1, 0.15) is 0 Å². The average Bonchev–Trinajstić information content (AvgIpc) is 2.69. The van der Waals surface area contributed by atoms with Gasteiger partial charge in [0.25, 0.3) is 0 Å². The fourth-order valence-electron chi connectivity index (χ4n) is 2.00. The van der Waals surface area contributed by atoms with Crippen molar-refractivity contribution in [2.45, 2.75) is 26.3 Å². The Morgan fingerprint density at radius 2 is 1.73 bits per heavy atom. The summed E-state index contributed by atoms with van der Waals surface area (Å²) in [5.41, 5.74) is 0.288. The lowest BCUT2D eigenvalue weighted by Gasteiger charge is -2.42. The Labute approximate surface area is 91.4 Å². The molecule has 1 fully saturated rings. The highest BCUT2D eigenvalue weighted by Gasteiger charge is 2.25. The van der Waals surface area contributed by atoms with Gasteiger partial charge in [-0.1, -0.05) is 0 Å². The number of hydrogen-bond acceptors (Lipinski definition) is 3. The zero-order valence-corrected chi connectivity index (χ0v) is 9.85. The van der Waals surface area contributed by atoms with Crippen molar-refractivity contribution in [1.29, 1.82) is 0 Å². The molecule has 0 bridgehead atoms. The first-order valence-electron chi connectivity index (χ1n) is 5.57. The molecule has 0 spiro atoms. The average molecular weight is 208 g/mol. The third kappa shape index (κ3) is 2.31. The Balaban J connectivity index is 1.93. The van der Waals surface area contributed by atoms with E-state index >= 15 is 0 Å². The van der Waals surface area contributed by atoms with Crippen LogP contribution in [0.5, 0.6) is 0 Å². The van der Waals surface area contributed by atoms with Gasteiger partial charge in [-0.2, -0.15) is 9.89 Å². The topological polar surface area (TPSA) is 24.3 Å². The van der Waals surface area contributed by atoms with Gasteiger partial charge in [0.2, 0.25) is 0 Å². The summed E-state index contributed by atoms with van der Waals surface area (Å²) in [6.45, 7) is 11.2. The molecule has 0 unspecified atom stereocenters. The van der Waals surface area contributed by atoms with Crippen molar-refractivity contribution >= 4 is 0 Å². The maximum absolute atomic E-state index is 4.25. The fraction of sp³-hybridized carbons (Fsp3) is 0.727. The van der Waals surface area contributed by atoms with Crippen molar-refractivity contribution in [3.05, 3.63) is 18.5 Å². The SMILES string of the molecule is CC(C)(C)N1CCN(n2cccn2)CC1. The third-order valence-electron chi connectivity index (χ3n) is 2.98. The van der Waals surface area contributed by atoms with E-state index in [1.165, 1.54) is 0 Å². The van der Waals surface area contributed by atoms with Crippen molar-refractivity contribution < 1.29 is 0 Å². The Morgan fingerprint density at radius 1 is 1.07 bits per heavy atom. The lowest BCUT2D eigenvalue weighted by molar-refractivity contribution is 0.119. The Hall–Kier alpha value is -1.03. The molecule has 0 radical (unpaired) electrons. The van der Waals surface area contributed by atoms with E-state index in [4.69, 9.17) is 0 Å². The molecule has 0 saturated carbocycles. The van der Waals surface area contributed by atoms with Gasteiger partial charge in [0, 0.05) is 37.9 Å². The van der Waals surface area contributed by atoms with Gasteiger partial charge in [0.05, 0.1) is 6.20 Å². The first kappa shape index (κ1) is 10.5. The van der Waals surface area contributed by atoms with Crippen LogP contribution in [-0.4, -0.2) is 46.5 Å². The Bertz CT molecular complexity index is 291. The smallest absolute Gasteiger partial charge is 0.0510 e. The summed E-state index contributed by atoms with van der Waals surface area (Å²) in [4.78, 5) is 4.47. The van der Waals surface area contributed by atoms with Gasteiger partial charge in [0.15, 0.2) is 0 Å². The second-order valence-corrected chi connectivity index (χ2v) is 5.04. The number of hydrogen-bond donors (Lipinski definition) is 0. The standard InChI is InChI=1S/C11H20N4/c1-11(2,3)13-7-9-14(10-8-13)15-6-4-5-12-15/h4-6H,7-10H2,1-3H3. The van der Waals surface area contributed by atoms with Crippen LogP contribution in [0.3, 0.4) is 0 Å². The van der Waals surface area contributed by atoms with E-state index in [1.54, 1.807) is 0 Å². The zero-order valence-electron chi connectivity index (χ0n) is 9.85. The first-order chi connectivity index (χ1) is 7.07. The van der Waals surface area contributed by atoms with Crippen LogP contribution < -0.4 is 5.01 Å². The molecule has 1 aliphatic heterocycles. The van der Waals surface area contributed by atoms with E-state index in [-0.39, 0.29) is 5.54 Å². The van der Waals surface area contributed by atoms with Crippen LogP contribution in [0.25, 0.3) is 0 Å². The number of rotatable bonds is 1. The van der Waals surface area contributed by atoms with E-state index < -0.39 is 0 Å². The second kappa shape index (κ2) is 3.85. The Kier molecular flexibility index (Phi) is 2.69. The number of aromatic nitrogens is 2. The Morgan fingerprint density at radius 3 is 2.20 bits per heavy atom. The van der Waals surface area contributed by atoms with Gasteiger partial charge in [-0.15, -0.1) is 0 Å². The summed E-state index contributed by atoms with van der Waals surface area (Å²) in [7, 11) is 0. The van der Waals surface area contributed by atoms with Gasteiger partial charge >= 0.3 is 0 Å². The highest BCUT2D eigenvalue weighted by atomic mass is 15.7. The van der Waals surface area contributed by atoms with Gasteiger partial charge < -0.3 is 0 Å². The maximum atomic E-state index is 4.25. The zero-order chi connectivity index (χ0) is 10.9. The second-order valence-electron chi connectivity index (χ2n) is 5.04. The van der Waals surface area contributed by atoms with Crippen LogP contribution in [0.4, 0.5) is 0 Å². The van der Waals surface area contributed by atoms with Gasteiger partial charge in [-0.05, 0) is 26.8 Å². The summed E-state index contributed by atoms with van der Waals surface area (Å²) >= 11 is 0. The minimum Gasteiger partial charge on any atom is -0.295 e. The van der Waals surface area contributed by atoms with Crippen LogP contribution in [0.2, 0.25) is 0 Å². The van der Waals surface area contributed by atoms with Crippen LogP contribution in [0.1, 0.15) is 20.8 Å². The minimum absolute atomic E-state index is 0.288. The molecular weight excluding hydrogens is 188 g/mol. The normalized spacial score (nSPS) is 19.5. The molecule has 15 heavy (non-hydrogen) atoms. The summed E-state index contributed by atoms with van der Waals surface area (Å²) in [5.74, 6) is 0. The summed E-state index contributed by atoms with van der Waals surface area (Å²) < 4.78 is 0. The van der Waals surface area contributed by atoms with Gasteiger partial charge in [-0.3, -0.25) is 9.91 Å². The summed E-state index contributed by atoms with van der Waals surface area (Å²) in [6, 6.07) is 1.97. The lowest BCUT2D eigenvalue weighted by atomic mass is 10.1. The number of piperazine rings is 1. The quantitative estimate of drug-likeness (QED) is 0.686. The molecule has 1 aromatic heterocycles. The van der Waals surface area contributed by atoms with E-state index in [2.05, 4.69) is 35.8 Å². The van der Waals surface area contributed by atoms with Crippen molar-refractivity contribution in [3.63, 3.8) is 0 Å². The molecule has 0 amide bonds. The molecule has 0 aromatic carbocycles. The van der Waals surface area contributed by atoms with Crippen molar-refractivity contribution in [3.8, 4) is 0 Å². The van der Waals surface area contributed by atoms with E-state index in [0.717, 1.165) is 26.2 Å². The molecule has 1 aliphatic rings. The van der Waals surface area contributed by atoms with Crippen molar-refractivity contribution in [1.82, 2.24) is 14.8 Å². The molecule has 4 nitrogen and oxygen atoms in total. The van der Waals surface area contributed by atoms with Crippen LogP contribution >= 0.6 is 0 Å². The summed E-state index contributed by atoms with van der Waals surface area (Å²) in [5, 5.41) is 6.53. The molecule has 1 aromatic rings. The number of nitrogens with zero attached hydrogens (tertiary/aromatic N) is 4. The highest BCUT2D eigenvalue weighted by molar-refractivity contribution is 4.95. The third-order valence-corrected chi connectivity index (χ3v) is 2.98. The molecule has 1 saturated heterocycles.